The molecule has 0 saturated heterocycles. The van der Waals surface area contributed by atoms with E-state index >= 15 is 0 Å². The van der Waals surface area contributed by atoms with E-state index in [1.54, 1.807) is 0 Å². The van der Waals surface area contributed by atoms with Crippen molar-refractivity contribution in [2.75, 3.05) is 20.1 Å². The first-order chi connectivity index (χ1) is 7.79. The molecule has 2 atom stereocenters. The van der Waals surface area contributed by atoms with Crippen molar-refractivity contribution < 1.29 is 24.6 Å². The molecule has 7 nitrogen and oxygen atoms in total. The molecule has 0 bridgehead atoms. The predicted molar refractivity (Wildman–Crippen MR) is 59.5 cm³/mol. The zero-order chi connectivity index (χ0) is 13.6. The minimum atomic E-state index is -1.09. The fraction of sp³-hybridized carbons (Fsp3) is 0.700. The minimum absolute atomic E-state index is 0.0101. The summed E-state index contributed by atoms with van der Waals surface area (Å²) in [6, 6.07) is -0.908. The maximum atomic E-state index is 11.2. The zero-order valence-corrected chi connectivity index (χ0v) is 10.1. The first-order valence-electron chi connectivity index (χ1n) is 5.19. The first-order valence-corrected chi connectivity index (χ1v) is 5.19. The number of rotatable bonds is 7. The zero-order valence-electron chi connectivity index (χ0n) is 10.1. The largest absolute Gasteiger partial charge is 0.481 e. The number of likely N-dealkylation sites (N-methyl/N-ethyl adjacent to an activating group) is 1. The summed E-state index contributed by atoms with van der Waals surface area (Å²) in [7, 11) is 1.44. The number of nitrogens with zero attached hydrogens (tertiary/aromatic N) is 1. The molecule has 0 aliphatic carbocycles. The van der Waals surface area contributed by atoms with Crippen LogP contribution in [0.15, 0.2) is 0 Å². The van der Waals surface area contributed by atoms with Crippen LogP contribution in [0.5, 0.6) is 0 Å². The van der Waals surface area contributed by atoms with Gasteiger partial charge in [-0.2, -0.15) is 0 Å². The maximum Gasteiger partial charge on any atom is 0.320 e. The highest BCUT2D eigenvalue weighted by atomic mass is 16.4. The molecule has 1 amide bonds. The molecule has 0 aromatic carbocycles. The van der Waals surface area contributed by atoms with Gasteiger partial charge in [0.05, 0.1) is 12.5 Å². The van der Waals surface area contributed by atoms with E-state index in [-0.39, 0.29) is 19.0 Å². The smallest absolute Gasteiger partial charge is 0.320 e. The standard InChI is InChI=1S/C10H18N2O5/c1-6(9(14)15)4-12(5-8(13)11-3)7(2)10(16)17/h6-7H,4-5H2,1-3H3,(H,11,13)(H,14,15)(H,16,17). The van der Waals surface area contributed by atoms with Gasteiger partial charge in [-0.15, -0.1) is 0 Å². The first kappa shape index (κ1) is 15.4. The van der Waals surface area contributed by atoms with Crippen molar-refractivity contribution in [3.63, 3.8) is 0 Å². The van der Waals surface area contributed by atoms with Crippen molar-refractivity contribution in [1.29, 1.82) is 0 Å². The van der Waals surface area contributed by atoms with Crippen LogP contribution in [-0.4, -0.2) is 59.1 Å². The quantitative estimate of drug-likeness (QED) is 0.544. The van der Waals surface area contributed by atoms with E-state index in [9.17, 15) is 14.4 Å². The van der Waals surface area contributed by atoms with Crippen molar-refractivity contribution >= 4 is 17.8 Å². The van der Waals surface area contributed by atoms with Gasteiger partial charge in [-0.3, -0.25) is 19.3 Å². The topological polar surface area (TPSA) is 107 Å². The Morgan fingerprint density at radius 3 is 2.06 bits per heavy atom. The number of amides is 1. The summed E-state index contributed by atoms with van der Waals surface area (Å²) in [5.41, 5.74) is 0. The Balaban J connectivity index is 4.66. The highest BCUT2D eigenvalue weighted by Crippen LogP contribution is 2.05. The van der Waals surface area contributed by atoms with Gasteiger partial charge in [0.2, 0.25) is 5.91 Å². The molecule has 3 N–H and O–H groups in total. The summed E-state index contributed by atoms with van der Waals surface area (Å²) >= 11 is 0. The van der Waals surface area contributed by atoms with Crippen molar-refractivity contribution in [2.45, 2.75) is 19.9 Å². The SMILES string of the molecule is CNC(=O)CN(CC(C)C(=O)O)C(C)C(=O)O. The highest BCUT2D eigenvalue weighted by molar-refractivity contribution is 5.79. The minimum Gasteiger partial charge on any atom is -0.481 e. The van der Waals surface area contributed by atoms with E-state index in [0.29, 0.717) is 0 Å². The molecule has 0 aromatic heterocycles. The number of carboxylic acids is 2. The maximum absolute atomic E-state index is 11.2. The van der Waals surface area contributed by atoms with Crippen molar-refractivity contribution in [3.05, 3.63) is 0 Å². The molecule has 0 radical (unpaired) electrons. The Morgan fingerprint density at radius 2 is 1.71 bits per heavy atom. The van der Waals surface area contributed by atoms with E-state index < -0.39 is 23.9 Å². The van der Waals surface area contributed by atoms with E-state index in [2.05, 4.69) is 5.32 Å². The lowest BCUT2D eigenvalue weighted by Crippen LogP contribution is -2.47. The van der Waals surface area contributed by atoms with E-state index in [1.165, 1.54) is 25.8 Å². The Hall–Kier alpha value is -1.63. The summed E-state index contributed by atoms with van der Waals surface area (Å²) < 4.78 is 0. The molecule has 0 saturated carbocycles. The molecule has 7 heteroatoms. The molecule has 0 rings (SSSR count). The Kier molecular flexibility index (Phi) is 6.19. The number of hydrogen-bond donors (Lipinski definition) is 3. The average Bonchev–Trinajstić information content (AvgIpc) is 2.26. The Bertz CT molecular complexity index is 305. The summed E-state index contributed by atoms with van der Waals surface area (Å²) in [5.74, 6) is -3.20. The molecule has 17 heavy (non-hydrogen) atoms. The number of carbonyl (C=O) groups is 3. The summed E-state index contributed by atoms with van der Waals surface area (Å²) in [6.45, 7) is 2.76. The fourth-order valence-corrected chi connectivity index (χ4v) is 1.21. The number of aliphatic carboxylic acids is 2. The van der Waals surface area contributed by atoms with Crippen LogP contribution in [0.2, 0.25) is 0 Å². The van der Waals surface area contributed by atoms with Gasteiger partial charge >= 0.3 is 11.9 Å². The number of nitrogens with one attached hydrogen (secondary N) is 1. The molecule has 0 aliphatic heterocycles. The second kappa shape index (κ2) is 6.85. The van der Waals surface area contributed by atoms with Gasteiger partial charge in [0, 0.05) is 13.6 Å². The molecule has 0 heterocycles. The molecule has 2 unspecified atom stereocenters. The number of hydrogen-bond acceptors (Lipinski definition) is 4. The molecule has 0 spiro atoms. The van der Waals surface area contributed by atoms with Crippen LogP contribution in [0.1, 0.15) is 13.8 Å². The Labute approximate surface area is 99.4 Å². The average molecular weight is 246 g/mol. The van der Waals surface area contributed by atoms with Crippen LogP contribution in [0.25, 0.3) is 0 Å². The summed E-state index contributed by atoms with van der Waals surface area (Å²) in [5, 5.41) is 20.0. The third kappa shape index (κ3) is 5.30. The van der Waals surface area contributed by atoms with Gasteiger partial charge in [-0.25, -0.2) is 0 Å². The van der Waals surface area contributed by atoms with Crippen molar-refractivity contribution in [2.24, 2.45) is 5.92 Å². The van der Waals surface area contributed by atoms with Gasteiger partial charge in [-0.05, 0) is 6.92 Å². The lowest BCUT2D eigenvalue weighted by atomic mass is 10.1. The van der Waals surface area contributed by atoms with Crippen molar-refractivity contribution in [3.8, 4) is 0 Å². The predicted octanol–water partition coefficient (Wildman–Crippen LogP) is -0.772. The molecule has 0 fully saturated rings. The molecular formula is C10H18N2O5. The van der Waals surface area contributed by atoms with Gasteiger partial charge in [0.25, 0.3) is 0 Å². The van der Waals surface area contributed by atoms with Crippen LogP contribution >= 0.6 is 0 Å². The van der Waals surface area contributed by atoms with Gasteiger partial charge in [-0.1, -0.05) is 6.92 Å². The third-order valence-electron chi connectivity index (χ3n) is 2.46. The lowest BCUT2D eigenvalue weighted by Gasteiger charge is -2.26. The van der Waals surface area contributed by atoms with Crippen LogP contribution in [0, 0.1) is 5.92 Å². The van der Waals surface area contributed by atoms with E-state index in [0.717, 1.165) is 0 Å². The van der Waals surface area contributed by atoms with Crippen LogP contribution in [0.3, 0.4) is 0 Å². The monoisotopic (exact) mass is 246 g/mol. The van der Waals surface area contributed by atoms with Gasteiger partial charge < -0.3 is 15.5 Å². The fourth-order valence-electron chi connectivity index (χ4n) is 1.21. The second-order valence-corrected chi connectivity index (χ2v) is 3.86. The molecular weight excluding hydrogens is 228 g/mol. The second-order valence-electron chi connectivity index (χ2n) is 3.86. The van der Waals surface area contributed by atoms with Crippen molar-refractivity contribution in [1.82, 2.24) is 10.2 Å². The van der Waals surface area contributed by atoms with Gasteiger partial charge in [0.15, 0.2) is 0 Å². The van der Waals surface area contributed by atoms with E-state index in [1.807, 2.05) is 0 Å². The van der Waals surface area contributed by atoms with Crippen LogP contribution in [-0.2, 0) is 14.4 Å². The Morgan fingerprint density at radius 1 is 1.18 bits per heavy atom. The highest BCUT2D eigenvalue weighted by Gasteiger charge is 2.26. The lowest BCUT2D eigenvalue weighted by molar-refractivity contribution is -0.147. The van der Waals surface area contributed by atoms with E-state index in [4.69, 9.17) is 10.2 Å². The third-order valence-corrected chi connectivity index (χ3v) is 2.46. The van der Waals surface area contributed by atoms with Crippen LogP contribution < -0.4 is 5.32 Å². The number of carbonyl (C=O) groups excluding carboxylic acids is 1. The van der Waals surface area contributed by atoms with Crippen LogP contribution in [0.4, 0.5) is 0 Å². The normalized spacial score (nSPS) is 14.1. The molecule has 0 aliphatic rings. The summed E-state index contributed by atoms with van der Waals surface area (Å²) in [6.07, 6.45) is 0. The number of carboxylic acid groups (broad SMARTS) is 2. The summed E-state index contributed by atoms with van der Waals surface area (Å²) in [4.78, 5) is 34.1. The molecule has 0 aromatic rings. The van der Waals surface area contributed by atoms with Gasteiger partial charge in [0.1, 0.15) is 6.04 Å². The molecule has 98 valence electrons.